The van der Waals surface area contributed by atoms with Gasteiger partial charge in [-0.05, 0) is 19.4 Å². The molecule has 0 atom stereocenters. The fourth-order valence-corrected chi connectivity index (χ4v) is 1.32. The SMILES string of the molecule is CC(C)OC(=O)C(=O)Cc1cccc([N+](=O)[O-])c1. The maximum atomic E-state index is 11.5. The molecule has 1 aromatic rings. The van der Waals surface area contributed by atoms with Crippen molar-refractivity contribution in [2.45, 2.75) is 26.4 Å². The molecule has 0 amide bonds. The Morgan fingerprint density at radius 2 is 2.06 bits per heavy atom. The van der Waals surface area contributed by atoms with Gasteiger partial charge in [-0.1, -0.05) is 12.1 Å². The molecule has 1 rings (SSSR count). The van der Waals surface area contributed by atoms with E-state index in [0.29, 0.717) is 5.56 Å². The molecule has 0 saturated heterocycles. The highest BCUT2D eigenvalue weighted by Gasteiger charge is 2.18. The molecule has 18 heavy (non-hydrogen) atoms. The van der Waals surface area contributed by atoms with Gasteiger partial charge in [0.25, 0.3) is 5.69 Å². The van der Waals surface area contributed by atoms with E-state index in [1.165, 1.54) is 18.2 Å². The number of ether oxygens (including phenoxy) is 1. The molecule has 0 heterocycles. The molecular formula is C12H13NO5. The van der Waals surface area contributed by atoms with Crippen LogP contribution in [0.3, 0.4) is 0 Å². The summed E-state index contributed by atoms with van der Waals surface area (Å²) >= 11 is 0. The largest absolute Gasteiger partial charge is 0.457 e. The zero-order chi connectivity index (χ0) is 13.7. The maximum absolute atomic E-state index is 11.5. The van der Waals surface area contributed by atoms with E-state index in [2.05, 4.69) is 0 Å². The van der Waals surface area contributed by atoms with Gasteiger partial charge in [0.2, 0.25) is 5.78 Å². The van der Waals surface area contributed by atoms with Gasteiger partial charge in [-0.3, -0.25) is 14.9 Å². The van der Waals surface area contributed by atoms with Gasteiger partial charge in [0.1, 0.15) is 0 Å². The minimum Gasteiger partial charge on any atom is -0.457 e. The number of nitro groups is 1. The van der Waals surface area contributed by atoms with E-state index < -0.39 is 16.7 Å². The number of benzene rings is 1. The average molecular weight is 251 g/mol. The van der Waals surface area contributed by atoms with E-state index in [4.69, 9.17) is 4.74 Å². The minimum absolute atomic E-state index is 0.113. The first-order chi connectivity index (χ1) is 8.40. The van der Waals surface area contributed by atoms with Crippen LogP contribution < -0.4 is 0 Å². The van der Waals surface area contributed by atoms with Crippen molar-refractivity contribution in [3.63, 3.8) is 0 Å². The molecule has 0 aliphatic carbocycles. The van der Waals surface area contributed by atoms with Crippen LogP contribution >= 0.6 is 0 Å². The fraction of sp³-hybridized carbons (Fsp3) is 0.333. The minimum atomic E-state index is -0.920. The van der Waals surface area contributed by atoms with Crippen LogP contribution in [-0.2, 0) is 20.7 Å². The van der Waals surface area contributed by atoms with E-state index >= 15 is 0 Å². The first kappa shape index (κ1) is 13.8. The molecule has 0 saturated carbocycles. The van der Waals surface area contributed by atoms with Crippen LogP contribution in [0.2, 0.25) is 0 Å². The van der Waals surface area contributed by atoms with Crippen molar-refractivity contribution in [2.75, 3.05) is 0 Å². The molecule has 0 bridgehead atoms. The number of ketones is 1. The topological polar surface area (TPSA) is 86.5 Å². The van der Waals surface area contributed by atoms with E-state index in [0.717, 1.165) is 0 Å². The summed E-state index contributed by atoms with van der Waals surface area (Å²) < 4.78 is 4.74. The number of nitrogens with zero attached hydrogens (tertiary/aromatic N) is 1. The standard InChI is InChI=1S/C12H13NO5/c1-8(2)18-12(15)11(14)7-9-4-3-5-10(6-9)13(16)17/h3-6,8H,7H2,1-2H3. The number of carbonyl (C=O) groups is 2. The van der Waals surface area contributed by atoms with E-state index in [1.807, 2.05) is 0 Å². The molecule has 6 heteroatoms. The molecule has 0 aliphatic rings. The van der Waals surface area contributed by atoms with Gasteiger partial charge in [0.05, 0.1) is 11.0 Å². The van der Waals surface area contributed by atoms with Crippen molar-refractivity contribution in [2.24, 2.45) is 0 Å². The molecule has 6 nitrogen and oxygen atoms in total. The van der Waals surface area contributed by atoms with Crippen LogP contribution in [0.1, 0.15) is 19.4 Å². The molecule has 1 aromatic carbocycles. The lowest BCUT2D eigenvalue weighted by Crippen LogP contribution is -2.22. The zero-order valence-electron chi connectivity index (χ0n) is 10.1. The van der Waals surface area contributed by atoms with E-state index in [9.17, 15) is 19.7 Å². The second-order valence-electron chi connectivity index (χ2n) is 3.98. The van der Waals surface area contributed by atoms with Gasteiger partial charge < -0.3 is 4.74 Å². The van der Waals surface area contributed by atoms with Gasteiger partial charge in [-0.25, -0.2) is 4.79 Å². The fourth-order valence-electron chi connectivity index (χ4n) is 1.32. The van der Waals surface area contributed by atoms with Crippen molar-refractivity contribution < 1.29 is 19.2 Å². The van der Waals surface area contributed by atoms with Crippen molar-refractivity contribution >= 4 is 17.4 Å². The second kappa shape index (κ2) is 5.90. The van der Waals surface area contributed by atoms with Crippen LogP contribution in [0.4, 0.5) is 5.69 Å². The first-order valence-electron chi connectivity index (χ1n) is 5.37. The van der Waals surface area contributed by atoms with Crippen LogP contribution in [0, 0.1) is 10.1 Å². The predicted octanol–water partition coefficient (Wildman–Crippen LogP) is 1.66. The number of rotatable bonds is 5. The van der Waals surface area contributed by atoms with Crippen molar-refractivity contribution in [3.05, 3.63) is 39.9 Å². The lowest BCUT2D eigenvalue weighted by molar-refractivity contribution is -0.384. The van der Waals surface area contributed by atoms with Crippen LogP contribution in [0.15, 0.2) is 24.3 Å². The predicted molar refractivity (Wildman–Crippen MR) is 63.0 cm³/mol. The third-order valence-corrected chi connectivity index (χ3v) is 2.06. The number of hydrogen-bond donors (Lipinski definition) is 0. The van der Waals surface area contributed by atoms with Crippen molar-refractivity contribution in [3.8, 4) is 0 Å². The Hall–Kier alpha value is -2.24. The molecule has 0 radical (unpaired) electrons. The summed E-state index contributed by atoms with van der Waals surface area (Å²) in [7, 11) is 0. The van der Waals surface area contributed by atoms with Gasteiger partial charge in [0.15, 0.2) is 0 Å². The molecule has 0 spiro atoms. The summed E-state index contributed by atoms with van der Waals surface area (Å²) in [5.74, 6) is -1.64. The van der Waals surface area contributed by atoms with E-state index in [-0.39, 0.29) is 18.2 Å². The quantitative estimate of drug-likeness (QED) is 0.344. The Labute approximate surface area is 104 Å². The Morgan fingerprint density at radius 1 is 1.39 bits per heavy atom. The molecule has 0 unspecified atom stereocenters. The first-order valence-corrected chi connectivity index (χ1v) is 5.37. The van der Waals surface area contributed by atoms with Gasteiger partial charge in [-0.15, -0.1) is 0 Å². The van der Waals surface area contributed by atoms with Gasteiger partial charge in [-0.2, -0.15) is 0 Å². The zero-order valence-corrected chi connectivity index (χ0v) is 10.1. The third kappa shape index (κ3) is 3.97. The normalized spacial score (nSPS) is 10.2. The lowest BCUT2D eigenvalue weighted by atomic mass is 10.1. The summed E-state index contributed by atoms with van der Waals surface area (Å²) in [6.07, 6.45) is -0.570. The highest BCUT2D eigenvalue weighted by Crippen LogP contribution is 2.13. The molecule has 0 fully saturated rings. The second-order valence-corrected chi connectivity index (χ2v) is 3.98. The smallest absolute Gasteiger partial charge is 0.375 e. The number of non-ortho nitro benzene ring substituents is 1. The molecule has 0 aromatic heterocycles. The Kier molecular flexibility index (Phi) is 4.53. The van der Waals surface area contributed by atoms with Crippen molar-refractivity contribution in [1.82, 2.24) is 0 Å². The number of carbonyl (C=O) groups excluding carboxylic acids is 2. The maximum Gasteiger partial charge on any atom is 0.375 e. The average Bonchev–Trinajstić information content (AvgIpc) is 2.28. The van der Waals surface area contributed by atoms with Crippen molar-refractivity contribution in [1.29, 1.82) is 0 Å². The summed E-state index contributed by atoms with van der Waals surface area (Å²) in [4.78, 5) is 32.7. The van der Waals surface area contributed by atoms with Crippen LogP contribution in [-0.4, -0.2) is 22.8 Å². The van der Waals surface area contributed by atoms with Crippen LogP contribution in [0.5, 0.6) is 0 Å². The van der Waals surface area contributed by atoms with Gasteiger partial charge >= 0.3 is 5.97 Å². The molecular weight excluding hydrogens is 238 g/mol. The number of hydrogen-bond acceptors (Lipinski definition) is 5. The summed E-state index contributed by atoms with van der Waals surface area (Å²) in [6, 6.07) is 5.60. The monoisotopic (exact) mass is 251 g/mol. The summed E-state index contributed by atoms with van der Waals surface area (Å²) in [5, 5.41) is 10.5. The van der Waals surface area contributed by atoms with E-state index in [1.54, 1.807) is 19.9 Å². The van der Waals surface area contributed by atoms with Crippen LogP contribution in [0.25, 0.3) is 0 Å². The summed E-state index contributed by atoms with van der Waals surface area (Å²) in [5.41, 5.74) is 0.299. The number of Topliss-reactive ketones (excluding diaryl/α,β-unsaturated/α-hetero) is 1. The van der Waals surface area contributed by atoms with Gasteiger partial charge in [0, 0.05) is 18.6 Å². The summed E-state index contributed by atoms with van der Waals surface area (Å²) in [6.45, 7) is 3.27. The Balaban J connectivity index is 2.73. The molecule has 0 aliphatic heterocycles. The highest BCUT2D eigenvalue weighted by molar-refractivity contribution is 6.34. The Morgan fingerprint density at radius 3 is 2.61 bits per heavy atom. The highest BCUT2D eigenvalue weighted by atomic mass is 16.6. The Bertz CT molecular complexity index is 481. The number of nitro benzene ring substituents is 1. The number of esters is 1. The molecule has 0 N–H and O–H groups in total. The third-order valence-electron chi connectivity index (χ3n) is 2.06. The lowest BCUT2D eigenvalue weighted by Gasteiger charge is -2.06. The molecule has 96 valence electrons.